The minimum atomic E-state index is -3.67. The summed E-state index contributed by atoms with van der Waals surface area (Å²) in [5, 5.41) is 0. The van der Waals surface area contributed by atoms with Crippen LogP contribution in [0.1, 0.15) is 12.5 Å². The van der Waals surface area contributed by atoms with Gasteiger partial charge in [0.25, 0.3) is 10.0 Å². The van der Waals surface area contributed by atoms with Gasteiger partial charge in [-0.25, -0.2) is 18.4 Å². The number of hydrogen-bond acceptors (Lipinski definition) is 5. The summed E-state index contributed by atoms with van der Waals surface area (Å²) in [6.07, 6.45) is 3.18. The fraction of sp³-hybridized carbons (Fsp3) is 0.231. The SMILES string of the molecule is CC1Cc2ccccc2N1S(=O)(=O)c1cnc(N)nc1. The van der Waals surface area contributed by atoms with Gasteiger partial charge < -0.3 is 5.73 Å². The summed E-state index contributed by atoms with van der Waals surface area (Å²) in [5.41, 5.74) is 7.14. The molecule has 0 saturated heterocycles. The Morgan fingerprint density at radius 1 is 1.25 bits per heavy atom. The van der Waals surface area contributed by atoms with Crippen molar-refractivity contribution in [1.82, 2.24) is 9.97 Å². The molecule has 3 rings (SSSR count). The number of nitrogens with zero attached hydrogens (tertiary/aromatic N) is 3. The van der Waals surface area contributed by atoms with E-state index in [2.05, 4.69) is 9.97 Å². The maximum atomic E-state index is 12.7. The van der Waals surface area contributed by atoms with Crippen molar-refractivity contribution in [2.24, 2.45) is 0 Å². The molecule has 1 aliphatic heterocycles. The lowest BCUT2D eigenvalue weighted by Crippen LogP contribution is -2.35. The molecule has 0 bridgehead atoms. The van der Waals surface area contributed by atoms with Crippen LogP contribution in [0.5, 0.6) is 0 Å². The van der Waals surface area contributed by atoms with Crippen LogP contribution in [0.4, 0.5) is 11.6 Å². The molecule has 1 aromatic heterocycles. The van der Waals surface area contributed by atoms with Gasteiger partial charge in [0.05, 0.1) is 18.1 Å². The van der Waals surface area contributed by atoms with E-state index in [1.165, 1.54) is 16.7 Å². The number of nitrogen functional groups attached to an aromatic ring is 1. The number of rotatable bonds is 2. The Morgan fingerprint density at radius 3 is 2.60 bits per heavy atom. The number of fused-ring (bicyclic) bond motifs is 1. The average molecular weight is 290 g/mol. The molecule has 1 atom stereocenters. The third-order valence-corrected chi connectivity index (χ3v) is 5.23. The summed E-state index contributed by atoms with van der Waals surface area (Å²) >= 11 is 0. The first-order chi connectivity index (χ1) is 9.50. The molecule has 0 fully saturated rings. The molecule has 2 heterocycles. The molecule has 2 N–H and O–H groups in total. The van der Waals surface area contributed by atoms with E-state index >= 15 is 0 Å². The van der Waals surface area contributed by atoms with E-state index in [0.717, 1.165) is 11.3 Å². The highest BCUT2D eigenvalue weighted by atomic mass is 32.2. The van der Waals surface area contributed by atoms with Crippen molar-refractivity contribution in [1.29, 1.82) is 0 Å². The molecule has 0 radical (unpaired) electrons. The summed E-state index contributed by atoms with van der Waals surface area (Å²) in [5.74, 6) is 0.0545. The molecular weight excluding hydrogens is 276 g/mol. The molecule has 104 valence electrons. The molecule has 0 saturated carbocycles. The lowest BCUT2D eigenvalue weighted by atomic mass is 10.1. The van der Waals surface area contributed by atoms with E-state index in [1.807, 2.05) is 31.2 Å². The molecular formula is C13H14N4O2S. The predicted molar refractivity (Wildman–Crippen MR) is 75.7 cm³/mol. The van der Waals surface area contributed by atoms with Crippen LogP contribution in [0.25, 0.3) is 0 Å². The first-order valence-electron chi connectivity index (χ1n) is 6.20. The van der Waals surface area contributed by atoms with Gasteiger partial charge in [0.2, 0.25) is 5.95 Å². The number of para-hydroxylation sites is 1. The molecule has 2 aromatic rings. The lowest BCUT2D eigenvalue weighted by molar-refractivity contribution is 0.583. The number of sulfonamides is 1. The second-order valence-corrected chi connectivity index (χ2v) is 6.57. The van der Waals surface area contributed by atoms with Crippen molar-refractivity contribution in [2.75, 3.05) is 10.0 Å². The second kappa shape index (κ2) is 4.45. The third kappa shape index (κ3) is 1.90. The van der Waals surface area contributed by atoms with Crippen LogP contribution in [0, 0.1) is 0 Å². The minimum absolute atomic E-state index is 0.0512. The molecule has 0 amide bonds. The smallest absolute Gasteiger partial charge is 0.267 e. The van der Waals surface area contributed by atoms with Crippen LogP contribution in [-0.2, 0) is 16.4 Å². The molecule has 20 heavy (non-hydrogen) atoms. The third-order valence-electron chi connectivity index (χ3n) is 3.35. The first-order valence-corrected chi connectivity index (χ1v) is 7.64. The van der Waals surface area contributed by atoms with Crippen molar-refractivity contribution < 1.29 is 8.42 Å². The molecule has 6 nitrogen and oxygen atoms in total. The van der Waals surface area contributed by atoms with Crippen LogP contribution >= 0.6 is 0 Å². The maximum absolute atomic E-state index is 12.7. The highest BCUT2D eigenvalue weighted by Crippen LogP contribution is 2.36. The quantitative estimate of drug-likeness (QED) is 0.897. The number of hydrogen-bond donors (Lipinski definition) is 1. The molecule has 7 heteroatoms. The number of benzene rings is 1. The molecule has 1 aliphatic rings. The van der Waals surface area contributed by atoms with Gasteiger partial charge in [-0.2, -0.15) is 0 Å². The fourth-order valence-electron chi connectivity index (χ4n) is 2.48. The number of nitrogens with two attached hydrogens (primary N) is 1. The molecule has 1 aromatic carbocycles. The van der Waals surface area contributed by atoms with Crippen molar-refractivity contribution in [3.63, 3.8) is 0 Å². The Labute approximate surface area is 117 Å². The number of aromatic nitrogens is 2. The molecule has 0 spiro atoms. The summed E-state index contributed by atoms with van der Waals surface area (Å²) < 4.78 is 26.9. The zero-order valence-electron chi connectivity index (χ0n) is 10.9. The Hall–Kier alpha value is -2.15. The Morgan fingerprint density at radius 2 is 1.90 bits per heavy atom. The predicted octanol–water partition coefficient (Wildman–Crippen LogP) is 1.20. The van der Waals surface area contributed by atoms with Crippen molar-refractivity contribution in [3.05, 3.63) is 42.2 Å². The summed E-state index contributed by atoms with van der Waals surface area (Å²) in [6.45, 7) is 1.88. The van der Waals surface area contributed by atoms with Gasteiger partial charge in [-0.1, -0.05) is 18.2 Å². The van der Waals surface area contributed by atoms with Crippen LogP contribution in [0.3, 0.4) is 0 Å². The van der Waals surface area contributed by atoms with Gasteiger partial charge >= 0.3 is 0 Å². The topological polar surface area (TPSA) is 89.2 Å². The zero-order chi connectivity index (χ0) is 14.3. The van der Waals surface area contributed by atoms with Crippen LogP contribution < -0.4 is 10.0 Å². The van der Waals surface area contributed by atoms with E-state index in [0.29, 0.717) is 6.42 Å². The monoisotopic (exact) mass is 290 g/mol. The maximum Gasteiger partial charge on any atom is 0.267 e. The molecule has 1 unspecified atom stereocenters. The standard InChI is InChI=1S/C13H14N4O2S/c1-9-6-10-4-2-3-5-12(10)17(9)20(18,19)11-7-15-13(14)16-8-11/h2-5,7-9H,6H2,1H3,(H2,14,15,16). The minimum Gasteiger partial charge on any atom is -0.368 e. The van der Waals surface area contributed by atoms with E-state index in [4.69, 9.17) is 5.73 Å². The van der Waals surface area contributed by atoms with Crippen LogP contribution in [0.2, 0.25) is 0 Å². The lowest BCUT2D eigenvalue weighted by Gasteiger charge is -2.24. The summed E-state index contributed by atoms with van der Waals surface area (Å²) in [7, 11) is -3.67. The van der Waals surface area contributed by atoms with E-state index in [9.17, 15) is 8.42 Å². The van der Waals surface area contributed by atoms with Crippen LogP contribution in [0.15, 0.2) is 41.6 Å². The van der Waals surface area contributed by atoms with Gasteiger partial charge in [0.15, 0.2) is 0 Å². The van der Waals surface area contributed by atoms with Gasteiger partial charge in [-0.15, -0.1) is 0 Å². The summed E-state index contributed by atoms with van der Waals surface area (Å²) in [6, 6.07) is 7.37. The van der Waals surface area contributed by atoms with Gasteiger partial charge in [-0.3, -0.25) is 4.31 Å². The molecule has 0 aliphatic carbocycles. The van der Waals surface area contributed by atoms with E-state index in [1.54, 1.807) is 0 Å². The van der Waals surface area contributed by atoms with Gasteiger partial charge in [0.1, 0.15) is 4.90 Å². The van der Waals surface area contributed by atoms with Gasteiger partial charge in [0, 0.05) is 6.04 Å². The highest BCUT2D eigenvalue weighted by molar-refractivity contribution is 7.92. The van der Waals surface area contributed by atoms with Crippen molar-refractivity contribution in [2.45, 2.75) is 24.3 Å². The van der Waals surface area contributed by atoms with Crippen LogP contribution in [-0.4, -0.2) is 24.4 Å². The van der Waals surface area contributed by atoms with E-state index < -0.39 is 10.0 Å². The average Bonchev–Trinajstić information content (AvgIpc) is 2.75. The highest BCUT2D eigenvalue weighted by Gasteiger charge is 2.36. The Bertz CT molecular complexity index is 743. The number of anilines is 2. The Balaban J connectivity index is 2.10. The summed E-state index contributed by atoms with van der Waals surface area (Å²) in [4.78, 5) is 7.57. The van der Waals surface area contributed by atoms with Crippen molar-refractivity contribution >= 4 is 21.7 Å². The first kappa shape index (κ1) is 12.9. The van der Waals surface area contributed by atoms with E-state index in [-0.39, 0.29) is 16.9 Å². The van der Waals surface area contributed by atoms with Crippen molar-refractivity contribution in [3.8, 4) is 0 Å². The second-order valence-electron chi connectivity index (χ2n) is 4.76. The largest absolute Gasteiger partial charge is 0.368 e. The fourth-order valence-corrected chi connectivity index (χ4v) is 4.06. The van der Waals surface area contributed by atoms with Gasteiger partial charge in [-0.05, 0) is 25.0 Å². The Kier molecular flexibility index (Phi) is 2.86. The normalized spacial score (nSPS) is 18.1. The zero-order valence-corrected chi connectivity index (χ0v) is 11.7.